The second-order valence-corrected chi connectivity index (χ2v) is 5.65. The van der Waals surface area contributed by atoms with Crippen LogP contribution in [0.4, 0.5) is 4.39 Å². The minimum Gasteiger partial charge on any atom is -0.508 e. The maximum atomic E-state index is 13.9. The summed E-state index contributed by atoms with van der Waals surface area (Å²) in [6, 6.07) is 9.02. The Bertz CT molecular complexity index is 744. The molecule has 0 aromatic heterocycles. The third-order valence-corrected chi connectivity index (χ3v) is 3.76. The van der Waals surface area contributed by atoms with Crippen LogP contribution in [0, 0.1) is 5.82 Å². The summed E-state index contributed by atoms with van der Waals surface area (Å²) in [7, 11) is 0. The van der Waals surface area contributed by atoms with Gasteiger partial charge in [0.15, 0.2) is 0 Å². The van der Waals surface area contributed by atoms with E-state index in [0.717, 1.165) is 6.07 Å². The van der Waals surface area contributed by atoms with Crippen molar-refractivity contribution >= 4 is 23.5 Å². The summed E-state index contributed by atoms with van der Waals surface area (Å²) in [5, 5.41) is 11.7. The summed E-state index contributed by atoms with van der Waals surface area (Å²) < 4.78 is 18.8. The number of esters is 1. The lowest BCUT2D eigenvalue weighted by atomic mass is 10.0. The molecule has 2 N–H and O–H groups in total. The summed E-state index contributed by atoms with van der Waals surface area (Å²) in [6.07, 6.45) is 0.122. The van der Waals surface area contributed by atoms with Gasteiger partial charge < -0.3 is 15.2 Å². The molecule has 0 fully saturated rings. The maximum absolute atomic E-state index is 13.9. The van der Waals surface area contributed by atoms with Crippen LogP contribution in [0.15, 0.2) is 42.5 Å². The molecule has 0 aliphatic rings. The third-order valence-electron chi connectivity index (χ3n) is 3.44. The summed E-state index contributed by atoms with van der Waals surface area (Å²) >= 11 is 5.88. The van der Waals surface area contributed by atoms with E-state index in [9.17, 15) is 19.1 Å². The number of phenolic OH excluding ortho intramolecular Hbond substituents is 1. The van der Waals surface area contributed by atoms with Crippen molar-refractivity contribution in [2.24, 2.45) is 0 Å². The van der Waals surface area contributed by atoms with E-state index in [2.05, 4.69) is 5.32 Å². The predicted octanol–water partition coefficient (Wildman–Crippen LogP) is 3.09. The van der Waals surface area contributed by atoms with E-state index in [1.807, 2.05) is 0 Å². The van der Waals surface area contributed by atoms with Crippen molar-refractivity contribution in [3.05, 3.63) is 64.4 Å². The van der Waals surface area contributed by atoms with Gasteiger partial charge in [0.1, 0.15) is 17.6 Å². The average molecular weight is 366 g/mol. The van der Waals surface area contributed by atoms with Crippen molar-refractivity contribution in [3.63, 3.8) is 0 Å². The van der Waals surface area contributed by atoms with Gasteiger partial charge in [-0.1, -0.05) is 29.8 Å². The number of ether oxygens (including phenoxy) is 1. The van der Waals surface area contributed by atoms with Gasteiger partial charge in [0.05, 0.1) is 17.2 Å². The number of benzene rings is 2. The number of rotatable bonds is 6. The van der Waals surface area contributed by atoms with Gasteiger partial charge in [-0.2, -0.15) is 0 Å². The lowest BCUT2D eigenvalue weighted by molar-refractivity contribution is -0.145. The number of hydrogen-bond acceptors (Lipinski definition) is 4. The van der Waals surface area contributed by atoms with E-state index in [1.54, 1.807) is 19.1 Å². The zero-order valence-corrected chi connectivity index (χ0v) is 14.2. The van der Waals surface area contributed by atoms with Gasteiger partial charge in [-0.25, -0.2) is 9.18 Å². The topological polar surface area (TPSA) is 75.6 Å². The quantitative estimate of drug-likeness (QED) is 0.771. The lowest BCUT2D eigenvalue weighted by Crippen LogP contribution is -2.43. The van der Waals surface area contributed by atoms with Gasteiger partial charge in [0.25, 0.3) is 5.91 Å². The molecule has 0 spiro atoms. The smallest absolute Gasteiger partial charge is 0.328 e. The van der Waals surface area contributed by atoms with Gasteiger partial charge in [0, 0.05) is 6.42 Å². The molecule has 132 valence electrons. The second-order valence-electron chi connectivity index (χ2n) is 5.25. The average Bonchev–Trinajstić information content (AvgIpc) is 2.56. The number of amides is 1. The molecule has 0 aliphatic carbocycles. The number of phenols is 1. The molecular formula is C18H17ClFNO4. The Morgan fingerprint density at radius 1 is 1.24 bits per heavy atom. The van der Waals surface area contributed by atoms with E-state index < -0.39 is 23.7 Å². The molecule has 25 heavy (non-hydrogen) atoms. The normalized spacial score (nSPS) is 11.6. The van der Waals surface area contributed by atoms with E-state index in [4.69, 9.17) is 16.3 Å². The lowest BCUT2D eigenvalue weighted by Gasteiger charge is -2.18. The standard InChI is InChI=1S/C18H17ClFNO4/c1-2-25-18(24)15(10-11-6-8-12(22)9-7-11)21-17(23)16-13(19)4-3-5-14(16)20/h3-9,15,22H,2,10H2,1H3,(H,21,23)/t15-/m0/s1. The van der Waals surface area contributed by atoms with Gasteiger partial charge in [-0.05, 0) is 36.8 Å². The van der Waals surface area contributed by atoms with Gasteiger partial charge >= 0.3 is 5.97 Å². The van der Waals surface area contributed by atoms with Crippen molar-refractivity contribution in [3.8, 4) is 5.75 Å². The Morgan fingerprint density at radius 3 is 2.52 bits per heavy atom. The van der Waals surface area contributed by atoms with E-state index in [-0.39, 0.29) is 29.4 Å². The summed E-state index contributed by atoms with van der Waals surface area (Å²) in [6.45, 7) is 1.78. The number of aromatic hydroxyl groups is 1. The highest BCUT2D eigenvalue weighted by Gasteiger charge is 2.25. The number of hydrogen-bond donors (Lipinski definition) is 2. The molecule has 0 saturated carbocycles. The molecule has 2 rings (SSSR count). The van der Waals surface area contributed by atoms with Crippen molar-refractivity contribution in [1.29, 1.82) is 0 Å². The summed E-state index contributed by atoms with van der Waals surface area (Å²) in [5.74, 6) is -2.15. The largest absolute Gasteiger partial charge is 0.508 e. The maximum Gasteiger partial charge on any atom is 0.328 e. The van der Waals surface area contributed by atoms with Crippen LogP contribution in [-0.2, 0) is 16.0 Å². The first-order valence-electron chi connectivity index (χ1n) is 7.61. The van der Waals surface area contributed by atoms with Crippen molar-refractivity contribution in [1.82, 2.24) is 5.32 Å². The third kappa shape index (κ3) is 4.93. The van der Waals surface area contributed by atoms with E-state index >= 15 is 0 Å². The fourth-order valence-electron chi connectivity index (χ4n) is 2.25. The molecule has 2 aromatic rings. The molecule has 1 atom stereocenters. The van der Waals surface area contributed by atoms with Crippen LogP contribution in [0.2, 0.25) is 5.02 Å². The van der Waals surface area contributed by atoms with Crippen molar-refractivity contribution in [2.75, 3.05) is 6.61 Å². The molecule has 0 heterocycles. The zero-order chi connectivity index (χ0) is 18.4. The van der Waals surface area contributed by atoms with Crippen LogP contribution in [0.5, 0.6) is 5.75 Å². The first kappa shape index (κ1) is 18.7. The SMILES string of the molecule is CCOC(=O)[C@H](Cc1ccc(O)cc1)NC(=O)c1c(F)cccc1Cl. The molecule has 0 aliphatic heterocycles. The van der Waals surface area contributed by atoms with Crippen LogP contribution in [-0.4, -0.2) is 29.6 Å². The highest BCUT2D eigenvalue weighted by molar-refractivity contribution is 6.33. The highest BCUT2D eigenvalue weighted by Crippen LogP contribution is 2.19. The Hall–Kier alpha value is -2.60. The highest BCUT2D eigenvalue weighted by atomic mass is 35.5. The molecule has 1 amide bonds. The fourth-order valence-corrected chi connectivity index (χ4v) is 2.50. The van der Waals surface area contributed by atoms with Crippen LogP contribution in [0.1, 0.15) is 22.8 Å². The molecule has 7 heteroatoms. The van der Waals surface area contributed by atoms with Crippen LogP contribution >= 0.6 is 11.6 Å². The second kappa shape index (κ2) is 8.48. The monoisotopic (exact) mass is 365 g/mol. The zero-order valence-electron chi connectivity index (χ0n) is 13.5. The Kier molecular flexibility index (Phi) is 6.36. The Labute approximate surface area is 149 Å². The Balaban J connectivity index is 2.22. The Morgan fingerprint density at radius 2 is 1.92 bits per heavy atom. The van der Waals surface area contributed by atoms with E-state index in [1.165, 1.54) is 24.3 Å². The van der Waals surface area contributed by atoms with Gasteiger partial charge in [-0.15, -0.1) is 0 Å². The first-order valence-corrected chi connectivity index (χ1v) is 7.99. The molecule has 2 aromatic carbocycles. The summed E-state index contributed by atoms with van der Waals surface area (Å²) in [4.78, 5) is 24.5. The van der Waals surface area contributed by atoms with E-state index in [0.29, 0.717) is 5.56 Å². The molecule has 0 bridgehead atoms. The van der Waals surface area contributed by atoms with Crippen molar-refractivity contribution < 1.29 is 23.8 Å². The molecule has 0 saturated heterocycles. The molecule has 0 radical (unpaired) electrons. The number of carbonyl (C=O) groups excluding carboxylic acids is 2. The summed E-state index contributed by atoms with van der Waals surface area (Å²) in [5.41, 5.74) is 0.361. The first-order chi connectivity index (χ1) is 11.9. The van der Waals surface area contributed by atoms with Crippen LogP contribution < -0.4 is 5.32 Å². The number of carbonyl (C=O) groups is 2. The molecule has 5 nitrogen and oxygen atoms in total. The van der Waals surface area contributed by atoms with Crippen LogP contribution in [0.25, 0.3) is 0 Å². The van der Waals surface area contributed by atoms with Crippen LogP contribution in [0.3, 0.4) is 0 Å². The predicted molar refractivity (Wildman–Crippen MR) is 91.1 cm³/mol. The van der Waals surface area contributed by atoms with Crippen molar-refractivity contribution in [2.45, 2.75) is 19.4 Å². The number of nitrogens with one attached hydrogen (secondary N) is 1. The molecule has 0 unspecified atom stereocenters. The number of halogens is 2. The minimum absolute atomic E-state index is 0.0512. The molecular weight excluding hydrogens is 349 g/mol. The fraction of sp³-hybridized carbons (Fsp3) is 0.222. The minimum atomic E-state index is -1.02. The van der Waals surface area contributed by atoms with Gasteiger partial charge in [-0.3, -0.25) is 4.79 Å². The van der Waals surface area contributed by atoms with Gasteiger partial charge in [0.2, 0.25) is 0 Å².